The van der Waals surface area contributed by atoms with Gasteiger partial charge in [-0.2, -0.15) is 0 Å². The van der Waals surface area contributed by atoms with Crippen LogP contribution in [-0.2, 0) is 9.47 Å². The average Bonchev–Trinajstić information content (AvgIpc) is 3.01. The van der Waals surface area contributed by atoms with Crippen molar-refractivity contribution in [1.29, 1.82) is 0 Å². The Morgan fingerprint density at radius 3 is 2.67 bits per heavy atom. The van der Waals surface area contributed by atoms with Crippen LogP contribution in [0.25, 0.3) is 0 Å². The Labute approximate surface area is 110 Å². The van der Waals surface area contributed by atoms with Gasteiger partial charge in [-0.1, -0.05) is 12.8 Å². The molecule has 0 aromatic heterocycles. The Balaban J connectivity index is 1.84. The minimum Gasteiger partial charge on any atom is -0.389 e. The fourth-order valence-electron chi connectivity index (χ4n) is 3.21. The molecule has 0 radical (unpaired) electrons. The molecule has 1 aliphatic heterocycles. The standard InChI is InChI=1S/C14H27NO3/c1-17-11-13(16)9-15(12-5-2-3-6-12)10-14-7-4-8-18-14/h12-14,16H,2-11H2,1H3. The number of rotatable bonds is 7. The second kappa shape index (κ2) is 7.43. The topological polar surface area (TPSA) is 41.9 Å². The number of aliphatic hydroxyl groups excluding tert-OH is 1. The normalized spacial score (nSPS) is 27.2. The summed E-state index contributed by atoms with van der Waals surface area (Å²) in [4.78, 5) is 2.44. The van der Waals surface area contributed by atoms with E-state index in [2.05, 4.69) is 4.90 Å². The van der Waals surface area contributed by atoms with Gasteiger partial charge in [0.15, 0.2) is 0 Å². The summed E-state index contributed by atoms with van der Waals surface area (Å²) in [7, 11) is 1.64. The maximum atomic E-state index is 9.95. The van der Waals surface area contributed by atoms with Gasteiger partial charge in [-0.15, -0.1) is 0 Å². The van der Waals surface area contributed by atoms with Gasteiger partial charge in [0.05, 0.1) is 18.8 Å². The monoisotopic (exact) mass is 257 g/mol. The highest BCUT2D eigenvalue weighted by Gasteiger charge is 2.28. The van der Waals surface area contributed by atoms with E-state index in [1.54, 1.807) is 7.11 Å². The first-order valence-electron chi connectivity index (χ1n) is 7.32. The summed E-state index contributed by atoms with van der Waals surface area (Å²) in [6.45, 7) is 3.03. The van der Waals surface area contributed by atoms with E-state index in [0.29, 0.717) is 18.8 Å². The van der Waals surface area contributed by atoms with Gasteiger partial charge in [-0.3, -0.25) is 4.90 Å². The third kappa shape index (κ3) is 4.19. The van der Waals surface area contributed by atoms with Crippen LogP contribution in [0, 0.1) is 0 Å². The van der Waals surface area contributed by atoms with Crippen LogP contribution in [0.4, 0.5) is 0 Å². The minimum absolute atomic E-state index is 0.375. The molecule has 1 aliphatic carbocycles. The van der Waals surface area contributed by atoms with E-state index in [1.165, 1.54) is 38.5 Å². The first-order chi connectivity index (χ1) is 8.79. The second-order valence-electron chi connectivity index (χ2n) is 5.64. The Morgan fingerprint density at radius 1 is 1.28 bits per heavy atom. The van der Waals surface area contributed by atoms with Crippen molar-refractivity contribution in [3.63, 3.8) is 0 Å². The van der Waals surface area contributed by atoms with Crippen molar-refractivity contribution in [3.8, 4) is 0 Å². The van der Waals surface area contributed by atoms with Gasteiger partial charge >= 0.3 is 0 Å². The fourth-order valence-corrected chi connectivity index (χ4v) is 3.21. The number of hydrogen-bond acceptors (Lipinski definition) is 4. The summed E-state index contributed by atoms with van der Waals surface area (Å²) < 4.78 is 10.8. The molecule has 0 amide bonds. The van der Waals surface area contributed by atoms with Crippen LogP contribution in [0.3, 0.4) is 0 Å². The van der Waals surface area contributed by atoms with Gasteiger partial charge in [0, 0.05) is 32.8 Å². The third-order valence-corrected chi connectivity index (χ3v) is 4.11. The Bertz CT molecular complexity index is 225. The maximum absolute atomic E-state index is 9.95. The van der Waals surface area contributed by atoms with Gasteiger partial charge in [-0.05, 0) is 25.7 Å². The lowest BCUT2D eigenvalue weighted by Gasteiger charge is -2.32. The van der Waals surface area contributed by atoms with Crippen LogP contribution in [0.5, 0.6) is 0 Å². The molecule has 2 aliphatic rings. The second-order valence-corrected chi connectivity index (χ2v) is 5.64. The molecule has 18 heavy (non-hydrogen) atoms. The SMILES string of the molecule is COCC(O)CN(CC1CCCO1)C1CCCC1. The van der Waals surface area contributed by atoms with E-state index in [1.807, 2.05) is 0 Å². The Hall–Kier alpha value is -0.160. The van der Waals surface area contributed by atoms with E-state index in [-0.39, 0.29) is 6.10 Å². The zero-order chi connectivity index (χ0) is 12.8. The minimum atomic E-state index is -0.378. The lowest BCUT2D eigenvalue weighted by molar-refractivity contribution is 0.00457. The molecule has 0 spiro atoms. The molecule has 2 fully saturated rings. The van der Waals surface area contributed by atoms with Gasteiger partial charge in [0.1, 0.15) is 0 Å². The Kier molecular flexibility index (Phi) is 5.89. The number of ether oxygens (including phenoxy) is 2. The van der Waals surface area contributed by atoms with Crippen LogP contribution in [0.2, 0.25) is 0 Å². The number of methoxy groups -OCH3 is 1. The lowest BCUT2D eigenvalue weighted by atomic mass is 10.1. The van der Waals surface area contributed by atoms with Gasteiger partial charge in [-0.25, -0.2) is 0 Å². The molecule has 0 aromatic rings. The summed E-state index contributed by atoms with van der Waals surface area (Å²) in [5.74, 6) is 0. The van der Waals surface area contributed by atoms with Crippen molar-refractivity contribution < 1.29 is 14.6 Å². The van der Waals surface area contributed by atoms with Crippen molar-refractivity contribution >= 4 is 0 Å². The van der Waals surface area contributed by atoms with Crippen molar-refractivity contribution in [3.05, 3.63) is 0 Å². The highest BCUT2D eigenvalue weighted by Crippen LogP contribution is 2.25. The number of hydrogen-bond donors (Lipinski definition) is 1. The molecule has 2 rings (SSSR count). The van der Waals surface area contributed by atoms with Gasteiger partial charge < -0.3 is 14.6 Å². The van der Waals surface area contributed by atoms with E-state index in [0.717, 1.165) is 19.7 Å². The molecule has 4 nitrogen and oxygen atoms in total. The predicted octanol–water partition coefficient (Wildman–Crippen LogP) is 1.42. The predicted molar refractivity (Wildman–Crippen MR) is 70.7 cm³/mol. The summed E-state index contributed by atoms with van der Waals surface area (Å²) >= 11 is 0. The molecule has 106 valence electrons. The molecule has 1 saturated heterocycles. The summed E-state index contributed by atoms with van der Waals surface area (Å²) in [6.07, 6.45) is 7.55. The molecule has 1 heterocycles. The first-order valence-corrected chi connectivity index (χ1v) is 7.32. The van der Waals surface area contributed by atoms with E-state index < -0.39 is 0 Å². The highest BCUT2D eigenvalue weighted by atomic mass is 16.5. The van der Waals surface area contributed by atoms with E-state index in [9.17, 15) is 5.11 Å². The summed E-state index contributed by atoms with van der Waals surface area (Å²) in [5, 5.41) is 9.95. The molecule has 0 aromatic carbocycles. The van der Waals surface area contributed by atoms with Crippen LogP contribution in [0.15, 0.2) is 0 Å². The Morgan fingerprint density at radius 2 is 2.06 bits per heavy atom. The van der Waals surface area contributed by atoms with Gasteiger partial charge in [0.2, 0.25) is 0 Å². The zero-order valence-electron chi connectivity index (χ0n) is 11.5. The van der Waals surface area contributed by atoms with Gasteiger partial charge in [0.25, 0.3) is 0 Å². The van der Waals surface area contributed by atoms with Crippen LogP contribution in [-0.4, -0.2) is 61.7 Å². The van der Waals surface area contributed by atoms with Crippen LogP contribution in [0.1, 0.15) is 38.5 Å². The lowest BCUT2D eigenvalue weighted by Crippen LogP contribution is -2.44. The van der Waals surface area contributed by atoms with Crippen molar-refractivity contribution in [2.24, 2.45) is 0 Å². The fraction of sp³-hybridized carbons (Fsp3) is 1.00. The molecule has 2 unspecified atom stereocenters. The maximum Gasteiger partial charge on any atom is 0.0900 e. The molecule has 2 atom stereocenters. The van der Waals surface area contributed by atoms with Crippen molar-refractivity contribution in [1.82, 2.24) is 4.90 Å². The zero-order valence-corrected chi connectivity index (χ0v) is 11.5. The molecule has 4 heteroatoms. The van der Waals surface area contributed by atoms with Crippen molar-refractivity contribution in [2.75, 3.05) is 33.4 Å². The first kappa shape index (κ1) is 14.3. The van der Waals surface area contributed by atoms with Crippen LogP contribution < -0.4 is 0 Å². The summed E-state index contributed by atoms with van der Waals surface area (Å²) in [6, 6.07) is 0.640. The molecular weight excluding hydrogens is 230 g/mol. The smallest absolute Gasteiger partial charge is 0.0900 e. The molecule has 1 N–H and O–H groups in total. The average molecular weight is 257 g/mol. The molecule has 0 bridgehead atoms. The summed E-state index contributed by atoms with van der Waals surface area (Å²) in [5.41, 5.74) is 0. The quantitative estimate of drug-likeness (QED) is 0.749. The third-order valence-electron chi connectivity index (χ3n) is 4.11. The van der Waals surface area contributed by atoms with Crippen LogP contribution >= 0.6 is 0 Å². The highest BCUT2D eigenvalue weighted by molar-refractivity contribution is 4.82. The van der Waals surface area contributed by atoms with Crippen molar-refractivity contribution in [2.45, 2.75) is 56.8 Å². The van der Waals surface area contributed by atoms with E-state index in [4.69, 9.17) is 9.47 Å². The number of aliphatic hydroxyl groups is 1. The molecular formula is C14H27NO3. The number of nitrogens with zero attached hydrogens (tertiary/aromatic N) is 1. The largest absolute Gasteiger partial charge is 0.389 e. The molecule has 1 saturated carbocycles. The van der Waals surface area contributed by atoms with E-state index >= 15 is 0 Å².